The first kappa shape index (κ1) is 28.1. The van der Waals surface area contributed by atoms with Crippen LogP contribution in [0.1, 0.15) is 44.2 Å². The van der Waals surface area contributed by atoms with Gasteiger partial charge in [0.25, 0.3) is 0 Å². The van der Waals surface area contributed by atoms with Crippen molar-refractivity contribution >= 4 is 40.7 Å². The lowest BCUT2D eigenvalue weighted by Crippen LogP contribution is -2.46. The minimum Gasteiger partial charge on any atom is -0.379 e. The second kappa shape index (κ2) is 10.8. The molecule has 1 spiro atoms. The van der Waals surface area contributed by atoms with E-state index in [0.717, 1.165) is 13.1 Å². The van der Waals surface area contributed by atoms with Gasteiger partial charge in [0.15, 0.2) is 0 Å². The highest BCUT2D eigenvalue weighted by Crippen LogP contribution is 2.61. The maximum Gasteiger partial charge on any atom is 0.247 e. The van der Waals surface area contributed by atoms with E-state index in [-0.39, 0.29) is 33.7 Å². The van der Waals surface area contributed by atoms with Crippen molar-refractivity contribution in [3.8, 4) is 0 Å². The zero-order valence-electron chi connectivity index (χ0n) is 22.5. The fraction of sp³-hybridized carbons (Fsp3) is 0.467. The molecular weight excluding hydrogens is 540 g/mol. The first-order valence-corrected chi connectivity index (χ1v) is 14.1. The molecule has 2 heterocycles. The Morgan fingerprint density at radius 1 is 1.21 bits per heavy atom. The van der Waals surface area contributed by atoms with Gasteiger partial charge in [0.1, 0.15) is 5.82 Å². The fourth-order valence-electron chi connectivity index (χ4n) is 6.38. The van der Waals surface area contributed by atoms with Crippen molar-refractivity contribution in [1.82, 2.24) is 10.2 Å². The van der Waals surface area contributed by atoms with Gasteiger partial charge >= 0.3 is 0 Å². The zero-order valence-corrected chi connectivity index (χ0v) is 24.0. The number of fused-ring (bicyclic) bond motifs is 2. The molecule has 1 aliphatic carbocycles. The van der Waals surface area contributed by atoms with E-state index in [0.29, 0.717) is 54.6 Å². The molecule has 0 bridgehead atoms. The molecule has 2 aromatic rings. The molecule has 1 saturated heterocycles. The SMILES string of the molecule is CC(C)(C)C[C@H]1C=C(C(=O)NCCN2CCOCC2)[C@H](c2cccc(Cl)c2F)C12C(=O)Nc1cc(Cl)ccc12. The second-order valence-electron chi connectivity index (χ2n) is 11.8. The third kappa shape index (κ3) is 5.22. The van der Waals surface area contributed by atoms with Gasteiger partial charge in [0.2, 0.25) is 11.8 Å². The van der Waals surface area contributed by atoms with E-state index in [4.69, 9.17) is 27.9 Å². The molecule has 2 amide bonds. The largest absolute Gasteiger partial charge is 0.379 e. The van der Waals surface area contributed by atoms with Crippen LogP contribution in [0.15, 0.2) is 48.0 Å². The second-order valence-corrected chi connectivity index (χ2v) is 12.6. The smallest absolute Gasteiger partial charge is 0.247 e. The summed E-state index contributed by atoms with van der Waals surface area (Å²) in [6.07, 6.45) is 2.50. The number of morpholine rings is 1. The van der Waals surface area contributed by atoms with E-state index >= 15 is 4.39 Å². The highest BCUT2D eigenvalue weighted by Gasteiger charge is 2.62. The number of hydrogen-bond acceptors (Lipinski definition) is 4. The summed E-state index contributed by atoms with van der Waals surface area (Å²) in [5.74, 6) is -2.45. The lowest BCUT2D eigenvalue weighted by Gasteiger charge is -2.39. The maximum absolute atomic E-state index is 15.8. The van der Waals surface area contributed by atoms with Crippen LogP contribution in [0, 0.1) is 17.2 Å². The van der Waals surface area contributed by atoms with Crippen LogP contribution in [0.25, 0.3) is 0 Å². The van der Waals surface area contributed by atoms with Gasteiger partial charge in [-0.25, -0.2) is 4.39 Å². The van der Waals surface area contributed by atoms with Gasteiger partial charge in [-0.2, -0.15) is 0 Å². The molecular formula is C30H34Cl2FN3O3. The number of carbonyl (C=O) groups excluding carboxylic acids is 2. The van der Waals surface area contributed by atoms with E-state index in [9.17, 15) is 9.59 Å². The van der Waals surface area contributed by atoms with Crippen molar-refractivity contribution in [2.24, 2.45) is 11.3 Å². The van der Waals surface area contributed by atoms with Crippen LogP contribution < -0.4 is 10.6 Å². The Labute approximate surface area is 238 Å². The molecule has 9 heteroatoms. The van der Waals surface area contributed by atoms with Gasteiger partial charge in [0.05, 0.1) is 23.7 Å². The van der Waals surface area contributed by atoms with Gasteiger partial charge in [0, 0.05) is 48.4 Å². The number of hydrogen-bond donors (Lipinski definition) is 2. The topological polar surface area (TPSA) is 70.7 Å². The average Bonchev–Trinajstić information content (AvgIpc) is 3.35. The van der Waals surface area contributed by atoms with Gasteiger partial charge in [-0.05, 0) is 47.1 Å². The third-order valence-corrected chi connectivity index (χ3v) is 8.51. The van der Waals surface area contributed by atoms with E-state index in [1.807, 2.05) is 12.1 Å². The van der Waals surface area contributed by atoms with Gasteiger partial charge in [-0.3, -0.25) is 14.5 Å². The van der Waals surface area contributed by atoms with Crippen molar-refractivity contribution in [3.05, 3.63) is 75.0 Å². The van der Waals surface area contributed by atoms with Gasteiger partial charge in [-0.15, -0.1) is 0 Å². The minimum atomic E-state index is -1.24. The summed E-state index contributed by atoms with van der Waals surface area (Å²) in [4.78, 5) is 30.2. The summed E-state index contributed by atoms with van der Waals surface area (Å²) in [6, 6.07) is 10.0. The number of carbonyl (C=O) groups is 2. The zero-order chi connectivity index (χ0) is 27.9. The van der Waals surface area contributed by atoms with Crippen LogP contribution in [-0.4, -0.2) is 56.1 Å². The Balaban J connectivity index is 1.61. The van der Waals surface area contributed by atoms with E-state index in [2.05, 4.69) is 36.3 Å². The number of benzene rings is 2. The molecule has 39 heavy (non-hydrogen) atoms. The maximum atomic E-state index is 15.8. The number of nitrogens with zero attached hydrogens (tertiary/aromatic N) is 1. The van der Waals surface area contributed by atoms with E-state index in [1.54, 1.807) is 24.3 Å². The van der Waals surface area contributed by atoms with Crippen LogP contribution >= 0.6 is 23.2 Å². The normalized spacial score (nSPS) is 25.0. The lowest BCUT2D eigenvalue weighted by molar-refractivity contribution is -0.123. The van der Waals surface area contributed by atoms with Crippen molar-refractivity contribution in [2.75, 3.05) is 44.7 Å². The Morgan fingerprint density at radius 3 is 2.67 bits per heavy atom. The number of halogens is 3. The number of allylic oxidation sites excluding steroid dienone is 1. The van der Waals surface area contributed by atoms with Crippen molar-refractivity contribution in [3.63, 3.8) is 0 Å². The summed E-state index contributed by atoms with van der Waals surface area (Å²) in [5.41, 5.74) is 0.486. The Hall–Kier alpha value is -2.45. The Bertz CT molecular complexity index is 1320. The molecule has 1 unspecified atom stereocenters. The molecule has 3 atom stereocenters. The first-order valence-electron chi connectivity index (χ1n) is 13.4. The fourth-order valence-corrected chi connectivity index (χ4v) is 6.74. The predicted octanol–water partition coefficient (Wildman–Crippen LogP) is 5.55. The molecule has 6 nitrogen and oxygen atoms in total. The molecule has 3 aliphatic rings. The summed E-state index contributed by atoms with van der Waals surface area (Å²) in [7, 11) is 0. The van der Waals surface area contributed by atoms with Gasteiger partial charge in [-0.1, -0.05) is 68.2 Å². The average molecular weight is 575 g/mol. The third-order valence-electron chi connectivity index (χ3n) is 7.99. The predicted molar refractivity (Wildman–Crippen MR) is 152 cm³/mol. The van der Waals surface area contributed by atoms with Gasteiger partial charge < -0.3 is 15.4 Å². The van der Waals surface area contributed by atoms with Crippen LogP contribution in [0.3, 0.4) is 0 Å². The number of amides is 2. The highest BCUT2D eigenvalue weighted by atomic mass is 35.5. The van der Waals surface area contributed by atoms with Crippen LogP contribution in [-0.2, 0) is 19.7 Å². The van der Waals surface area contributed by atoms with Crippen LogP contribution in [0.2, 0.25) is 10.0 Å². The number of anilines is 1. The molecule has 2 N–H and O–H groups in total. The Kier molecular flexibility index (Phi) is 7.81. The molecule has 0 saturated carbocycles. The summed E-state index contributed by atoms with van der Waals surface area (Å²) < 4.78 is 21.2. The monoisotopic (exact) mass is 573 g/mol. The lowest BCUT2D eigenvalue weighted by atomic mass is 9.61. The standard InChI is InChI=1S/C30H34Cl2FN3O3/c1-29(2,3)17-18-15-21(27(37)34-9-10-36-11-13-39-14-12-36)25(20-5-4-6-23(32)26(20)33)30(18)22-8-7-19(31)16-24(22)35-28(30)38/h4-8,15-16,18,25H,9-14,17H2,1-3H3,(H,34,37)(H,35,38)/t18-,25+,30?/m1/s1. The molecule has 1 fully saturated rings. The molecule has 0 radical (unpaired) electrons. The molecule has 2 aromatic carbocycles. The summed E-state index contributed by atoms with van der Waals surface area (Å²) in [6.45, 7) is 10.4. The summed E-state index contributed by atoms with van der Waals surface area (Å²) >= 11 is 12.5. The molecule has 5 rings (SSSR count). The van der Waals surface area contributed by atoms with Crippen molar-refractivity contribution < 1.29 is 18.7 Å². The highest BCUT2D eigenvalue weighted by molar-refractivity contribution is 6.31. The number of ether oxygens (including phenoxy) is 1. The Morgan fingerprint density at radius 2 is 1.95 bits per heavy atom. The van der Waals surface area contributed by atoms with E-state index < -0.39 is 17.2 Å². The number of nitrogens with one attached hydrogen (secondary N) is 2. The molecule has 2 aliphatic heterocycles. The first-order chi connectivity index (χ1) is 18.5. The molecule has 208 valence electrons. The van der Waals surface area contributed by atoms with Crippen LogP contribution in [0.5, 0.6) is 0 Å². The summed E-state index contributed by atoms with van der Waals surface area (Å²) in [5, 5.41) is 6.48. The van der Waals surface area contributed by atoms with Crippen molar-refractivity contribution in [2.45, 2.75) is 38.5 Å². The van der Waals surface area contributed by atoms with E-state index in [1.165, 1.54) is 6.07 Å². The number of rotatable bonds is 6. The molecule has 0 aromatic heterocycles. The van der Waals surface area contributed by atoms with Crippen LogP contribution in [0.4, 0.5) is 10.1 Å². The quantitative estimate of drug-likeness (QED) is 0.475. The minimum absolute atomic E-state index is 0.0521. The van der Waals surface area contributed by atoms with Crippen molar-refractivity contribution in [1.29, 1.82) is 0 Å².